The fraction of sp³-hybridized carbons (Fsp3) is 0.350. The van der Waals surface area contributed by atoms with Gasteiger partial charge in [0.1, 0.15) is 5.75 Å². The molecule has 0 heterocycles. The Hall–Kier alpha value is -2.38. The second-order valence-electron chi connectivity index (χ2n) is 6.30. The minimum Gasteiger partial charge on any atom is -0.497 e. The fourth-order valence-corrected chi connectivity index (χ4v) is 3.52. The van der Waals surface area contributed by atoms with E-state index in [2.05, 4.69) is 23.9 Å². The molecule has 0 aliphatic heterocycles. The molecule has 0 aliphatic rings. The largest absolute Gasteiger partial charge is 0.497 e. The summed E-state index contributed by atoms with van der Waals surface area (Å²) >= 11 is 0. The van der Waals surface area contributed by atoms with E-state index in [-0.39, 0.29) is 23.8 Å². The van der Waals surface area contributed by atoms with E-state index in [1.54, 1.807) is 12.1 Å². The highest BCUT2D eigenvalue weighted by atomic mass is 32.2. The van der Waals surface area contributed by atoms with Gasteiger partial charge in [-0.05, 0) is 54.3 Å². The predicted octanol–water partition coefficient (Wildman–Crippen LogP) is 3.52. The van der Waals surface area contributed by atoms with E-state index in [0.29, 0.717) is 17.4 Å². The van der Waals surface area contributed by atoms with Gasteiger partial charge < -0.3 is 10.1 Å². The molecule has 0 aromatic heterocycles. The van der Waals surface area contributed by atoms with Crippen LogP contribution >= 0.6 is 0 Å². The zero-order chi connectivity index (χ0) is 19.9. The van der Waals surface area contributed by atoms with E-state index in [1.807, 2.05) is 24.3 Å². The lowest BCUT2D eigenvalue weighted by atomic mass is 9.99. The number of hydrogen-bond donors (Lipinski definition) is 2. The number of benzene rings is 2. The molecule has 0 radical (unpaired) electrons. The Bertz CT molecular complexity index is 847. The van der Waals surface area contributed by atoms with E-state index >= 15 is 0 Å². The number of ether oxygens (including phenoxy) is 1. The van der Waals surface area contributed by atoms with E-state index in [1.165, 1.54) is 24.8 Å². The van der Waals surface area contributed by atoms with Gasteiger partial charge in [-0.1, -0.05) is 26.0 Å². The molecular weight excluding hydrogens is 364 g/mol. The highest BCUT2D eigenvalue weighted by Crippen LogP contribution is 2.20. The Morgan fingerprint density at radius 2 is 1.70 bits per heavy atom. The molecule has 0 saturated heterocycles. The van der Waals surface area contributed by atoms with Gasteiger partial charge in [0.15, 0.2) is 0 Å². The van der Waals surface area contributed by atoms with Gasteiger partial charge in [0.25, 0.3) is 0 Å². The first-order valence-corrected chi connectivity index (χ1v) is 10.4. The van der Waals surface area contributed by atoms with Crippen molar-refractivity contribution in [2.24, 2.45) is 0 Å². The molecule has 0 fully saturated rings. The number of methoxy groups -OCH3 is 1. The molecular formula is C20H26N2O4S. The molecule has 0 saturated carbocycles. The summed E-state index contributed by atoms with van der Waals surface area (Å²) in [5.74, 6) is 0.804. The molecule has 0 bridgehead atoms. The number of sulfonamides is 1. The number of anilines is 1. The van der Waals surface area contributed by atoms with Crippen LogP contribution in [0.1, 0.15) is 38.2 Å². The van der Waals surface area contributed by atoms with Crippen LogP contribution in [0.15, 0.2) is 53.4 Å². The average molecular weight is 391 g/mol. The van der Waals surface area contributed by atoms with Gasteiger partial charge in [-0.2, -0.15) is 0 Å². The molecule has 1 amide bonds. The Balaban J connectivity index is 1.84. The van der Waals surface area contributed by atoms with Crippen LogP contribution in [0.4, 0.5) is 5.69 Å². The van der Waals surface area contributed by atoms with Crippen molar-refractivity contribution in [3.8, 4) is 5.75 Å². The second kappa shape index (κ2) is 9.53. The SMILES string of the molecule is CCC(C)c1ccc(NC(=O)CCNS(=O)(=O)c2ccc(OC)cc2)cc1. The monoisotopic (exact) mass is 390 g/mol. The molecule has 1 unspecified atom stereocenters. The van der Waals surface area contributed by atoms with E-state index in [0.717, 1.165) is 6.42 Å². The van der Waals surface area contributed by atoms with Crippen molar-refractivity contribution in [3.63, 3.8) is 0 Å². The van der Waals surface area contributed by atoms with Crippen LogP contribution in [0.5, 0.6) is 5.75 Å². The standard InChI is InChI=1S/C20H26N2O4S/c1-4-15(2)16-5-7-17(8-6-16)22-20(23)13-14-21-27(24,25)19-11-9-18(26-3)10-12-19/h5-12,15,21H,4,13-14H2,1-3H3,(H,22,23). The summed E-state index contributed by atoms with van der Waals surface area (Å²) in [5.41, 5.74) is 1.92. The van der Waals surface area contributed by atoms with E-state index in [4.69, 9.17) is 4.74 Å². The van der Waals surface area contributed by atoms with Crippen molar-refractivity contribution in [1.82, 2.24) is 4.72 Å². The summed E-state index contributed by atoms with van der Waals surface area (Å²) in [6, 6.07) is 13.8. The van der Waals surface area contributed by atoms with Crippen LogP contribution < -0.4 is 14.8 Å². The molecule has 146 valence electrons. The topological polar surface area (TPSA) is 84.5 Å². The maximum Gasteiger partial charge on any atom is 0.240 e. The number of rotatable bonds is 9. The van der Waals surface area contributed by atoms with Crippen molar-refractivity contribution in [3.05, 3.63) is 54.1 Å². The lowest BCUT2D eigenvalue weighted by molar-refractivity contribution is -0.116. The molecule has 1 atom stereocenters. The van der Waals surface area contributed by atoms with Gasteiger partial charge in [0.2, 0.25) is 15.9 Å². The van der Waals surface area contributed by atoms with Crippen molar-refractivity contribution in [1.29, 1.82) is 0 Å². The third-order valence-corrected chi connectivity index (χ3v) is 5.87. The van der Waals surface area contributed by atoms with Crippen LogP contribution in [0.2, 0.25) is 0 Å². The third kappa shape index (κ3) is 6.08. The smallest absolute Gasteiger partial charge is 0.240 e. The van der Waals surface area contributed by atoms with Crippen molar-refractivity contribution < 1.29 is 17.9 Å². The van der Waals surface area contributed by atoms with Crippen molar-refractivity contribution >= 4 is 21.6 Å². The lowest BCUT2D eigenvalue weighted by Gasteiger charge is -2.11. The maximum atomic E-state index is 12.2. The summed E-state index contributed by atoms with van der Waals surface area (Å²) in [6.45, 7) is 4.31. The molecule has 0 spiro atoms. The Kier molecular flexibility index (Phi) is 7.38. The molecule has 27 heavy (non-hydrogen) atoms. The Labute approximate surface area is 161 Å². The summed E-state index contributed by atoms with van der Waals surface area (Å²) in [5, 5.41) is 2.78. The number of carbonyl (C=O) groups is 1. The second-order valence-corrected chi connectivity index (χ2v) is 8.07. The number of carbonyl (C=O) groups excluding carboxylic acids is 1. The highest BCUT2D eigenvalue weighted by Gasteiger charge is 2.14. The lowest BCUT2D eigenvalue weighted by Crippen LogP contribution is -2.27. The Morgan fingerprint density at radius 3 is 2.26 bits per heavy atom. The van der Waals surface area contributed by atoms with Crippen molar-refractivity contribution in [2.75, 3.05) is 19.0 Å². The molecule has 2 rings (SSSR count). The summed E-state index contributed by atoms with van der Waals surface area (Å²) in [4.78, 5) is 12.2. The van der Waals surface area contributed by atoms with Crippen LogP contribution in [0.25, 0.3) is 0 Å². The van der Waals surface area contributed by atoms with Gasteiger partial charge in [0.05, 0.1) is 12.0 Å². The van der Waals surface area contributed by atoms with Crippen LogP contribution in [-0.4, -0.2) is 28.0 Å². The zero-order valence-electron chi connectivity index (χ0n) is 15.9. The first kappa shape index (κ1) is 20.9. The highest BCUT2D eigenvalue weighted by molar-refractivity contribution is 7.89. The number of amides is 1. The normalized spacial score (nSPS) is 12.4. The van der Waals surface area contributed by atoms with Crippen molar-refractivity contribution in [2.45, 2.75) is 37.5 Å². The summed E-state index contributed by atoms with van der Waals surface area (Å²) < 4.78 is 31.9. The predicted molar refractivity (Wildman–Crippen MR) is 107 cm³/mol. The summed E-state index contributed by atoms with van der Waals surface area (Å²) in [7, 11) is -2.15. The van der Waals surface area contributed by atoms with E-state index < -0.39 is 10.0 Å². The molecule has 7 heteroatoms. The van der Waals surface area contributed by atoms with Gasteiger partial charge in [-0.3, -0.25) is 4.79 Å². The number of nitrogens with one attached hydrogen (secondary N) is 2. The first-order valence-electron chi connectivity index (χ1n) is 8.89. The molecule has 0 aliphatic carbocycles. The molecule has 6 nitrogen and oxygen atoms in total. The zero-order valence-corrected chi connectivity index (χ0v) is 16.7. The first-order chi connectivity index (χ1) is 12.9. The summed E-state index contributed by atoms with van der Waals surface area (Å²) in [6.07, 6.45) is 1.10. The van der Waals surface area contributed by atoms with Crippen LogP contribution in [-0.2, 0) is 14.8 Å². The average Bonchev–Trinajstić information content (AvgIpc) is 2.67. The molecule has 2 aromatic rings. The van der Waals surface area contributed by atoms with Crippen LogP contribution in [0.3, 0.4) is 0 Å². The fourth-order valence-electron chi connectivity index (χ4n) is 2.49. The van der Waals surface area contributed by atoms with Gasteiger partial charge in [0, 0.05) is 18.7 Å². The van der Waals surface area contributed by atoms with Gasteiger partial charge >= 0.3 is 0 Å². The molecule has 2 aromatic carbocycles. The maximum absolute atomic E-state index is 12.2. The number of hydrogen-bond acceptors (Lipinski definition) is 4. The third-order valence-electron chi connectivity index (χ3n) is 4.39. The Morgan fingerprint density at radius 1 is 1.07 bits per heavy atom. The van der Waals surface area contributed by atoms with Crippen LogP contribution in [0, 0.1) is 0 Å². The van der Waals surface area contributed by atoms with Gasteiger partial charge in [-0.15, -0.1) is 0 Å². The molecule has 2 N–H and O–H groups in total. The quantitative estimate of drug-likeness (QED) is 0.686. The van der Waals surface area contributed by atoms with E-state index in [9.17, 15) is 13.2 Å². The minimum absolute atomic E-state index is 0.0190. The minimum atomic E-state index is -3.66. The van der Waals surface area contributed by atoms with Gasteiger partial charge in [-0.25, -0.2) is 13.1 Å².